The molecular weight excluding hydrogens is 462 g/mol. The first-order valence-electron chi connectivity index (χ1n) is 12.9. The lowest BCUT2D eigenvalue weighted by atomic mass is 9.88. The zero-order valence-corrected chi connectivity index (χ0v) is 22.9. The number of carboxylic acids is 1. The number of carbonyl (C=O) groups excluding carboxylic acids is 1. The minimum Gasteiger partial charge on any atom is -0.486 e. The number of hydrogen-bond donors (Lipinski definition) is 2. The third-order valence-corrected chi connectivity index (χ3v) is 6.45. The van der Waals surface area contributed by atoms with Gasteiger partial charge >= 0.3 is 5.97 Å². The molecule has 2 N–H and O–H groups in total. The summed E-state index contributed by atoms with van der Waals surface area (Å²) in [5, 5.41) is 11.4. The molecule has 3 aromatic rings. The molecule has 5 heteroatoms. The van der Waals surface area contributed by atoms with Crippen LogP contribution in [0.3, 0.4) is 0 Å². The maximum Gasteiger partial charge on any atom is 0.305 e. The van der Waals surface area contributed by atoms with Crippen LogP contribution in [-0.4, -0.2) is 23.5 Å². The molecule has 0 heterocycles. The molecule has 1 unspecified atom stereocenters. The number of benzene rings is 3. The van der Waals surface area contributed by atoms with E-state index < -0.39 is 5.97 Å². The second-order valence-electron chi connectivity index (χ2n) is 11.0. The van der Waals surface area contributed by atoms with E-state index in [1.54, 1.807) is 12.1 Å². The topological polar surface area (TPSA) is 75.6 Å². The minimum absolute atomic E-state index is 0.102. The summed E-state index contributed by atoms with van der Waals surface area (Å²) in [6.45, 7) is 13.1. The van der Waals surface area contributed by atoms with Crippen molar-refractivity contribution in [3.05, 3.63) is 88.5 Å². The van der Waals surface area contributed by atoms with Crippen LogP contribution in [0, 0.1) is 26.2 Å². The fraction of sp³-hybridized carbons (Fsp3) is 0.375. The Morgan fingerprint density at radius 3 is 2.05 bits per heavy atom. The highest BCUT2D eigenvalue weighted by Crippen LogP contribution is 2.35. The zero-order valence-electron chi connectivity index (χ0n) is 22.9. The molecule has 3 aromatic carbocycles. The van der Waals surface area contributed by atoms with Crippen molar-refractivity contribution in [3.8, 4) is 16.9 Å². The van der Waals surface area contributed by atoms with Crippen LogP contribution in [0.25, 0.3) is 11.1 Å². The Labute approximate surface area is 220 Å². The normalized spacial score (nSPS) is 12.2. The van der Waals surface area contributed by atoms with Crippen molar-refractivity contribution in [2.75, 3.05) is 6.54 Å². The predicted molar refractivity (Wildman–Crippen MR) is 149 cm³/mol. The molecule has 0 saturated carbocycles. The van der Waals surface area contributed by atoms with E-state index in [4.69, 9.17) is 9.84 Å². The Balaban J connectivity index is 1.82. The molecule has 0 fully saturated rings. The Morgan fingerprint density at radius 2 is 1.51 bits per heavy atom. The third kappa shape index (κ3) is 8.21. The van der Waals surface area contributed by atoms with Crippen LogP contribution in [0.4, 0.5) is 0 Å². The lowest BCUT2D eigenvalue weighted by molar-refractivity contribution is -0.136. The molecule has 0 aromatic heterocycles. The van der Waals surface area contributed by atoms with E-state index in [0.717, 1.165) is 24.2 Å². The fourth-order valence-electron chi connectivity index (χ4n) is 4.42. The van der Waals surface area contributed by atoms with E-state index in [1.807, 2.05) is 12.1 Å². The summed E-state index contributed by atoms with van der Waals surface area (Å²) < 4.78 is 6.59. The van der Waals surface area contributed by atoms with E-state index >= 15 is 0 Å². The molecule has 0 saturated heterocycles. The Hall–Kier alpha value is -3.60. The summed E-state index contributed by atoms with van der Waals surface area (Å²) >= 11 is 0. The minimum atomic E-state index is -0.938. The van der Waals surface area contributed by atoms with Gasteiger partial charge in [0.05, 0.1) is 6.42 Å². The molecule has 0 radical (unpaired) electrons. The lowest BCUT2D eigenvalue weighted by Gasteiger charge is -2.25. The van der Waals surface area contributed by atoms with Crippen LogP contribution < -0.4 is 10.1 Å². The maximum atomic E-state index is 12.4. The van der Waals surface area contributed by atoms with Crippen LogP contribution in [0.2, 0.25) is 0 Å². The summed E-state index contributed by atoms with van der Waals surface area (Å²) in [6, 6.07) is 20.2. The molecule has 0 spiro atoms. The van der Waals surface area contributed by atoms with Gasteiger partial charge in [0.1, 0.15) is 11.9 Å². The number of aliphatic carboxylic acids is 1. The average Bonchev–Trinajstić information content (AvgIpc) is 2.82. The van der Waals surface area contributed by atoms with Crippen molar-refractivity contribution >= 4 is 11.9 Å². The second-order valence-corrected chi connectivity index (χ2v) is 11.0. The molecular formula is C32H39NO4. The van der Waals surface area contributed by atoms with Gasteiger partial charge < -0.3 is 15.2 Å². The van der Waals surface area contributed by atoms with Crippen LogP contribution >= 0.6 is 0 Å². The molecule has 3 rings (SSSR count). The highest BCUT2D eigenvalue weighted by atomic mass is 16.5. The molecule has 0 aliphatic heterocycles. The number of rotatable bonds is 10. The number of carboxylic acid groups (broad SMARTS) is 1. The van der Waals surface area contributed by atoms with Crippen molar-refractivity contribution in [2.45, 2.75) is 66.9 Å². The Kier molecular flexibility index (Phi) is 9.14. The molecule has 0 bridgehead atoms. The van der Waals surface area contributed by atoms with Gasteiger partial charge in [0.2, 0.25) is 0 Å². The Bertz CT molecular complexity index is 1200. The van der Waals surface area contributed by atoms with Crippen LogP contribution in [0.1, 0.15) is 78.7 Å². The van der Waals surface area contributed by atoms with E-state index in [9.17, 15) is 9.59 Å². The van der Waals surface area contributed by atoms with Gasteiger partial charge in [-0.2, -0.15) is 0 Å². The summed E-state index contributed by atoms with van der Waals surface area (Å²) in [4.78, 5) is 23.1. The van der Waals surface area contributed by atoms with Gasteiger partial charge in [-0.25, -0.2) is 0 Å². The van der Waals surface area contributed by atoms with E-state index in [-0.39, 0.29) is 30.4 Å². The SMILES string of the molecule is Cc1ccc(-c2c(C)cc(OC(CCC(C)(C)C)c3ccc(C(=O)NCCC(=O)O)cc3)cc2C)cc1. The first kappa shape index (κ1) is 28.0. The largest absolute Gasteiger partial charge is 0.486 e. The summed E-state index contributed by atoms with van der Waals surface area (Å²) in [6.07, 6.45) is 1.56. The van der Waals surface area contributed by atoms with Crippen molar-refractivity contribution in [2.24, 2.45) is 5.41 Å². The highest BCUT2D eigenvalue weighted by molar-refractivity contribution is 5.94. The van der Waals surface area contributed by atoms with Crippen molar-refractivity contribution < 1.29 is 19.4 Å². The standard InChI is InChI=1S/C32H39NO4/c1-21-7-9-25(10-8-21)30-22(2)19-27(20-23(30)3)37-28(15-17-32(4,5)6)24-11-13-26(14-12-24)31(36)33-18-16-29(34)35/h7-14,19-20,28H,15-18H2,1-6H3,(H,33,36)(H,34,35). The third-order valence-electron chi connectivity index (χ3n) is 6.45. The number of carbonyl (C=O) groups is 2. The molecule has 37 heavy (non-hydrogen) atoms. The summed E-state index contributed by atoms with van der Waals surface area (Å²) in [5.74, 6) is -0.384. The summed E-state index contributed by atoms with van der Waals surface area (Å²) in [5.41, 5.74) is 7.67. The van der Waals surface area contributed by atoms with Crippen LogP contribution in [0.5, 0.6) is 5.75 Å². The van der Waals surface area contributed by atoms with Gasteiger partial charge in [-0.05, 0) is 91.1 Å². The number of aryl methyl sites for hydroxylation is 3. The van der Waals surface area contributed by atoms with E-state index in [2.05, 4.69) is 83.3 Å². The smallest absolute Gasteiger partial charge is 0.305 e. The average molecular weight is 502 g/mol. The molecule has 5 nitrogen and oxygen atoms in total. The zero-order chi connectivity index (χ0) is 27.2. The fourth-order valence-corrected chi connectivity index (χ4v) is 4.42. The highest BCUT2D eigenvalue weighted by Gasteiger charge is 2.20. The molecule has 196 valence electrons. The first-order chi connectivity index (χ1) is 17.4. The number of amides is 1. The van der Waals surface area contributed by atoms with E-state index in [0.29, 0.717) is 5.56 Å². The molecule has 1 amide bonds. The second kappa shape index (κ2) is 12.1. The summed E-state index contributed by atoms with van der Waals surface area (Å²) in [7, 11) is 0. The number of hydrogen-bond acceptors (Lipinski definition) is 3. The predicted octanol–water partition coefficient (Wildman–Crippen LogP) is 7.43. The maximum absolute atomic E-state index is 12.4. The van der Waals surface area contributed by atoms with Gasteiger partial charge in [-0.3, -0.25) is 9.59 Å². The van der Waals surface area contributed by atoms with Gasteiger partial charge in [0.15, 0.2) is 0 Å². The number of ether oxygens (including phenoxy) is 1. The molecule has 0 aliphatic carbocycles. The molecule has 0 aliphatic rings. The molecule has 1 atom stereocenters. The van der Waals surface area contributed by atoms with Gasteiger partial charge in [-0.1, -0.05) is 62.7 Å². The number of nitrogens with one attached hydrogen (secondary N) is 1. The van der Waals surface area contributed by atoms with Crippen LogP contribution in [0.15, 0.2) is 60.7 Å². The lowest BCUT2D eigenvalue weighted by Crippen LogP contribution is -2.26. The van der Waals surface area contributed by atoms with Gasteiger partial charge in [0, 0.05) is 12.1 Å². The van der Waals surface area contributed by atoms with Crippen molar-refractivity contribution in [1.29, 1.82) is 0 Å². The first-order valence-corrected chi connectivity index (χ1v) is 12.9. The van der Waals surface area contributed by atoms with Crippen molar-refractivity contribution in [1.82, 2.24) is 5.32 Å². The monoisotopic (exact) mass is 501 g/mol. The Morgan fingerprint density at radius 1 is 0.919 bits per heavy atom. The van der Waals surface area contributed by atoms with Crippen LogP contribution in [-0.2, 0) is 4.79 Å². The van der Waals surface area contributed by atoms with Gasteiger partial charge in [-0.15, -0.1) is 0 Å². The van der Waals surface area contributed by atoms with E-state index in [1.165, 1.54) is 27.8 Å². The van der Waals surface area contributed by atoms with Gasteiger partial charge in [0.25, 0.3) is 5.91 Å². The quantitative estimate of drug-likeness (QED) is 0.303. The van der Waals surface area contributed by atoms with Crippen molar-refractivity contribution in [3.63, 3.8) is 0 Å².